The standard InChI is InChI=1S/C16H25N5OS/c1-6-14(15-17-12(4)9-23-15)19-16(22)18-11(3)8-21-13(5)7-10(2)20-21/h7,9,11,14H,6,8H2,1-5H3,(H2,18,19,22)/t11-,14-/m1/s1. The molecule has 0 aliphatic carbocycles. The van der Waals surface area contributed by atoms with Gasteiger partial charge in [-0.05, 0) is 40.2 Å². The molecule has 0 aliphatic rings. The molecule has 0 radical (unpaired) electrons. The van der Waals surface area contributed by atoms with Gasteiger partial charge in [-0.3, -0.25) is 4.68 Å². The third-order valence-corrected chi connectivity index (χ3v) is 4.65. The lowest BCUT2D eigenvalue weighted by Crippen LogP contribution is -2.44. The molecule has 2 aromatic rings. The number of hydrogen-bond acceptors (Lipinski definition) is 4. The molecule has 2 rings (SSSR count). The average Bonchev–Trinajstić information content (AvgIpc) is 3.02. The van der Waals surface area contributed by atoms with Crippen LogP contribution in [0.2, 0.25) is 0 Å². The van der Waals surface area contributed by atoms with E-state index in [4.69, 9.17) is 0 Å². The molecule has 0 unspecified atom stereocenters. The lowest BCUT2D eigenvalue weighted by atomic mass is 10.2. The van der Waals surface area contributed by atoms with Crippen LogP contribution in [0.15, 0.2) is 11.4 Å². The van der Waals surface area contributed by atoms with Crippen LogP contribution in [-0.4, -0.2) is 26.8 Å². The van der Waals surface area contributed by atoms with Crippen molar-refractivity contribution in [2.45, 2.75) is 59.7 Å². The molecule has 126 valence electrons. The number of thiazole rings is 1. The summed E-state index contributed by atoms with van der Waals surface area (Å²) >= 11 is 1.58. The highest BCUT2D eigenvalue weighted by Crippen LogP contribution is 2.20. The summed E-state index contributed by atoms with van der Waals surface area (Å²) in [5.41, 5.74) is 3.08. The summed E-state index contributed by atoms with van der Waals surface area (Å²) in [7, 11) is 0. The van der Waals surface area contributed by atoms with Gasteiger partial charge in [0.25, 0.3) is 0 Å². The highest BCUT2D eigenvalue weighted by Gasteiger charge is 2.17. The molecule has 2 aromatic heterocycles. The summed E-state index contributed by atoms with van der Waals surface area (Å²) in [5.74, 6) is 0. The van der Waals surface area contributed by atoms with Crippen molar-refractivity contribution in [1.82, 2.24) is 25.4 Å². The molecule has 0 aliphatic heterocycles. The molecule has 0 aromatic carbocycles. The van der Waals surface area contributed by atoms with Crippen molar-refractivity contribution >= 4 is 17.4 Å². The monoisotopic (exact) mass is 335 g/mol. The Morgan fingerprint density at radius 2 is 2.04 bits per heavy atom. The number of aromatic nitrogens is 3. The summed E-state index contributed by atoms with van der Waals surface area (Å²) in [5, 5.41) is 13.3. The van der Waals surface area contributed by atoms with Crippen LogP contribution >= 0.6 is 11.3 Å². The summed E-state index contributed by atoms with van der Waals surface area (Å²) in [4.78, 5) is 16.7. The molecule has 0 saturated carbocycles. The number of rotatable bonds is 6. The van der Waals surface area contributed by atoms with Gasteiger partial charge in [0.2, 0.25) is 0 Å². The van der Waals surface area contributed by atoms with Crippen LogP contribution in [0.1, 0.15) is 48.4 Å². The summed E-state index contributed by atoms with van der Waals surface area (Å²) in [6.07, 6.45) is 0.812. The third-order valence-electron chi connectivity index (χ3n) is 3.58. The van der Waals surface area contributed by atoms with Crippen molar-refractivity contribution in [1.29, 1.82) is 0 Å². The zero-order chi connectivity index (χ0) is 17.0. The van der Waals surface area contributed by atoms with E-state index in [2.05, 4.69) is 20.7 Å². The Balaban J connectivity index is 1.89. The van der Waals surface area contributed by atoms with Gasteiger partial charge in [0.15, 0.2) is 0 Å². The first-order valence-electron chi connectivity index (χ1n) is 7.89. The fourth-order valence-corrected chi connectivity index (χ4v) is 3.39. The van der Waals surface area contributed by atoms with E-state index in [1.165, 1.54) is 0 Å². The normalized spacial score (nSPS) is 13.6. The van der Waals surface area contributed by atoms with Gasteiger partial charge in [-0.2, -0.15) is 5.10 Å². The van der Waals surface area contributed by atoms with E-state index >= 15 is 0 Å². The van der Waals surface area contributed by atoms with Crippen LogP contribution in [0.3, 0.4) is 0 Å². The minimum absolute atomic E-state index is 0.0106. The molecule has 2 atom stereocenters. The molecule has 2 heterocycles. The quantitative estimate of drug-likeness (QED) is 0.852. The van der Waals surface area contributed by atoms with Crippen LogP contribution in [0.5, 0.6) is 0 Å². The van der Waals surface area contributed by atoms with Gasteiger partial charge < -0.3 is 10.6 Å². The van der Waals surface area contributed by atoms with Crippen molar-refractivity contribution in [3.63, 3.8) is 0 Å². The minimum atomic E-state index is -0.168. The van der Waals surface area contributed by atoms with Gasteiger partial charge in [-0.1, -0.05) is 6.92 Å². The van der Waals surface area contributed by atoms with Crippen LogP contribution in [0.4, 0.5) is 4.79 Å². The predicted molar refractivity (Wildman–Crippen MR) is 92.7 cm³/mol. The fourth-order valence-electron chi connectivity index (χ4n) is 2.46. The van der Waals surface area contributed by atoms with Gasteiger partial charge in [0.1, 0.15) is 5.01 Å². The molecule has 23 heavy (non-hydrogen) atoms. The smallest absolute Gasteiger partial charge is 0.315 e. The molecule has 0 saturated heterocycles. The van der Waals surface area contributed by atoms with E-state index in [9.17, 15) is 4.79 Å². The average molecular weight is 335 g/mol. The van der Waals surface area contributed by atoms with Crippen LogP contribution < -0.4 is 10.6 Å². The lowest BCUT2D eigenvalue weighted by Gasteiger charge is -2.19. The number of hydrogen-bond donors (Lipinski definition) is 2. The number of nitrogens with one attached hydrogen (secondary N) is 2. The topological polar surface area (TPSA) is 71.8 Å². The Hall–Kier alpha value is -1.89. The van der Waals surface area contributed by atoms with Gasteiger partial charge in [-0.25, -0.2) is 9.78 Å². The number of amides is 2. The maximum atomic E-state index is 12.2. The Labute approximate surface area is 141 Å². The molecule has 2 amide bonds. The first-order valence-corrected chi connectivity index (χ1v) is 8.77. The minimum Gasteiger partial charge on any atom is -0.334 e. The second kappa shape index (κ2) is 7.59. The summed E-state index contributed by atoms with van der Waals surface area (Å²) in [6, 6.07) is 1.81. The summed E-state index contributed by atoms with van der Waals surface area (Å²) < 4.78 is 1.92. The number of aryl methyl sites for hydroxylation is 3. The predicted octanol–water partition coefficient (Wildman–Crippen LogP) is 3.10. The SMILES string of the molecule is CC[C@@H](NC(=O)N[C@H](C)Cn1nc(C)cc1C)c1nc(C)cs1. The van der Waals surface area contributed by atoms with Crippen molar-refractivity contribution in [2.75, 3.05) is 0 Å². The van der Waals surface area contributed by atoms with E-state index in [1.807, 2.05) is 50.7 Å². The molecule has 0 fully saturated rings. The number of nitrogens with zero attached hydrogens (tertiary/aromatic N) is 3. The van der Waals surface area contributed by atoms with Crippen LogP contribution in [-0.2, 0) is 6.54 Å². The maximum absolute atomic E-state index is 12.2. The molecule has 0 spiro atoms. The highest BCUT2D eigenvalue weighted by atomic mass is 32.1. The molecular formula is C16H25N5OS. The van der Waals surface area contributed by atoms with Gasteiger partial charge in [0, 0.05) is 22.8 Å². The number of urea groups is 1. The van der Waals surface area contributed by atoms with E-state index in [0.717, 1.165) is 28.5 Å². The first kappa shape index (κ1) is 17.5. The van der Waals surface area contributed by atoms with E-state index in [1.54, 1.807) is 11.3 Å². The Bertz CT molecular complexity index is 663. The first-order chi connectivity index (χ1) is 10.9. The Morgan fingerprint density at radius 3 is 2.57 bits per heavy atom. The van der Waals surface area contributed by atoms with E-state index in [0.29, 0.717) is 6.54 Å². The highest BCUT2D eigenvalue weighted by molar-refractivity contribution is 7.09. The zero-order valence-electron chi connectivity index (χ0n) is 14.4. The second-order valence-electron chi connectivity index (χ2n) is 5.92. The van der Waals surface area contributed by atoms with Crippen LogP contribution in [0.25, 0.3) is 0 Å². The molecule has 2 N–H and O–H groups in total. The summed E-state index contributed by atoms with van der Waals surface area (Å²) in [6.45, 7) is 10.6. The molecule has 6 nitrogen and oxygen atoms in total. The zero-order valence-corrected chi connectivity index (χ0v) is 15.2. The largest absolute Gasteiger partial charge is 0.334 e. The second-order valence-corrected chi connectivity index (χ2v) is 6.81. The van der Waals surface area contributed by atoms with Gasteiger partial charge >= 0.3 is 6.03 Å². The van der Waals surface area contributed by atoms with E-state index in [-0.39, 0.29) is 18.1 Å². The van der Waals surface area contributed by atoms with Gasteiger partial charge in [-0.15, -0.1) is 11.3 Å². The Morgan fingerprint density at radius 1 is 1.30 bits per heavy atom. The van der Waals surface area contributed by atoms with Crippen molar-refractivity contribution in [2.24, 2.45) is 0 Å². The molecular weight excluding hydrogens is 310 g/mol. The molecule has 0 bridgehead atoms. The van der Waals surface area contributed by atoms with Gasteiger partial charge in [0.05, 0.1) is 18.3 Å². The number of carbonyl (C=O) groups is 1. The fraction of sp³-hybridized carbons (Fsp3) is 0.562. The number of carbonyl (C=O) groups excluding carboxylic acids is 1. The van der Waals surface area contributed by atoms with Crippen molar-refractivity contribution in [3.8, 4) is 0 Å². The molecule has 7 heteroatoms. The maximum Gasteiger partial charge on any atom is 0.315 e. The lowest BCUT2D eigenvalue weighted by molar-refractivity contribution is 0.231. The van der Waals surface area contributed by atoms with E-state index < -0.39 is 0 Å². The van der Waals surface area contributed by atoms with Crippen LogP contribution in [0, 0.1) is 20.8 Å². The van der Waals surface area contributed by atoms with Crippen molar-refractivity contribution < 1.29 is 4.79 Å². The Kier molecular flexibility index (Phi) is 5.76. The third kappa shape index (κ3) is 4.79. The van der Waals surface area contributed by atoms with Crippen molar-refractivity contribution in [3.05, 3.63) is 33.5 Å².